The maximum atomic E-state index is 11.9. The normalized spacial score (nSPS) is 11.9. The van der Waals surface area contributed by atoms with Gasteiger partial charge in [-0.05, 0) is 55.4 Å². The number of halogens is 1. The zero-order valence-electron chi connectivity index (χ0n) is 16.4. The van der Waals surface area contributed by atoms with Crippen molar-refractivity contribution in [1.82, 2.24) is 19.7 Å². The van der Waals surface area contributed by atoms with Crippen LogP contribution in [0.2, 0.25) is 0 Å². The quantitative estimate of drug-likeness (QED) is 0.283. The first-order chi connectivity index (χ1) is 14.4. The van der Waals surface area contributed by atoms with Crippen LogP contribution in [0.3, 0.4) is 0 Å². The topological polar surface area (TPSA) is 83.8 Å². The number of hydrogen-bond donors (Lipinski definition) is 2. The van der Waals surface area contributed by atoms with E-state index in [1.54, 1.807) is 13.0 Å². The van der Waals surface area contributed by atoms with Crippen molar-refractivity contribution >= 4 is 50.6 Å². The molecule has 4 aromatic rings. The zero-order chi connectivity index (χ0) is 21.3. The van der Waals surface area contributed by atoms with Gasteiger partial charge < -0.3 is 9.67 Å². The number of rotatable bonds is 6. The third-order valence-electron chi connectivity index (χ3n) is 4.80. The molecule has 0 amide bonds. The lowest BCUT2D eigenvalue weighted by molar-refractivity contribution is -0.131. The lowest BCUT2D eigenvalue weighted by Gasteiger charge is -2.09. The van der Waals surface area contributed by atoms with Crippen LogP contribution >= 0.6 is 27.7 Å². The number of carboxylic acids is 1. The molecule has 2 heterocycles. The third-order valence-corrected chi connectivity index (χ3v) is 6.20. The second-order valence-electron chi connectivity index (χ2n) is 6.85. The first-order valence-corrected chi connectivity index (χ1v) is 10.9. The number of hydrogen-bond acceptors (Lipinski definition) is 4. The Labute approximate surface area is 186 Å². The summed E-state index contributed by atoms with van der Waals surface area (Å²) in [5.74, 6) is -0.365. The molecule has 0 aliphatic heterocycles. The summed E-state index contributed by atoms with van der Waals surface area (Å²) in [5, 5.41) is 18.0. The number of aromatic nitrogens is 4. The van der Waals surface area contributed by atoms with Gasteiger partial charge in [-0.3, -0.25) is 5.10 Å². The van der Waals surface area contributed by atoms with E-state index >= 15 is 0 Å². The van der Waals surface area contributed by atoms with Gasteiger partial charge in [-0.1, -0.05) is 46.3 Å². The van der Waals surface area contributed by atoms with Gasteiger partial charge in [0.05, 0.1) is 0 Å². The Bertz CT molecular complexity index is 1260. The van der Waals surface area contributed by atoms with Gasteiger partial charge in [-0.25, -0.2) is 9.78 Å². The van der Waals surface area contributed by atoms with Gasteiger partial charge in [0.25, 0.3) is 0 Å². The van der Waals surface area contributed by atoms with E-state index in [0.29, 0.717) is 17.5 Å². The molecule has 0 aliphatic rings. The van der Waals surface area contributed by atoms with E-state index in [-0.39, 0.29) is 4.91 Å². The summed E-state index contributed by atoms with van der Waals surface area (Å²) in [6.07, 6.45) is 1.72. The minimum atomic E-state index is -1.01. The summed E-state index contributed by atoms with van der Waals surface area (Å²) in [4.78, 5) is 16.3. The largest absolute Gasteiger partial charge is 0.477 e. The molecule has 2 aromatic heterocycles. The SMILES string of the molecule is Cc1nc(S/C(=C\c2c(C)n(Cc3ccc(Br)cc3)c3ccccc23)C(=O)O)n[nH]1. The summed E-state index contributed by atoms with van der Waals surface area (Å²) in [5.41, 5.74) is 4.12. The molecule has 0 spiro atoms. The maximum absolute atomic E-state index is 11.9. The van der Waals surface area contributed by atoms with Crippen molar-refractivity contribution < 1.29 is 9.90 Å². The van der Waals surface area contributed by atoms with Crippen molar-refractivity contribution in [2.45, 2.75) is 25.5 Å². The summed E-state index contributed by atoms with van der Waals surface area (Å²) < 4.78 is 3.25. The Kier molecular flexibility index (Phi) is 5.78. The summed E-state index contributed by atoms with van der Waals surface area (Å²) >= 11 is 4.51. The van der Waals surface area contributed by atoms with Gasteiger partial charge in [-0.2, -0.15) is 0 Å². The van der Waals surface area contributed by atoms with Crippen LogP contribution in [0.5, 0.6) is 0 Å². The molecule has 2 N–H and O–H groups in total. The van der Waals surface area contributed by atoms with Gasteiger partial charge in [0.2, 0.25) is 5.16 Å². The Hall–Kier alpha value is -2.84. The Morgan fingerprint density at radius 2 is 1.93 bits per heavy atom. The fourth-order valence-corrected chi connectivity index (χ4v) is 4.35. The van der Waals surface area contributed by atoms with Crippen LogP contribution in [0.15, 0.2) is 63.1 Å². The van der Waals surface area contributed by atoms with Gasteiger partial charge in [-0.15, -0.1) is 5.10 Å². The molecule has 0 saturated heterocycles. The van der Waals surface area contributed by atoms with Crippen molar-refractivity contribution in [1.29, 1.82) is 0 Å². The monoisotopic (exact) mass is 482 g/mol. The molecule has 0 fully saturated rings. The number of fused-ring (bicyclic) bond motifs is 1. The fraction of sp³-hybridized carbons (Fsp3) is 0.136. The lowest BCUT2D eigenvalue weighted by Crippen LogP contribution is -2.02. The van der Waals surface area contributed by atoms with Crippen molar-refractivity contribution in [3.63, 3.8) is 0 Å². The first-order valence-electron chi connectivity index (χ1n) is 9.26. The highest BCUT2D eigenvalue weighted by Crippen LogP contribution is 2.32. The Morgan fingerprint density at radius 1 is 1.20 bits per heavy atom. The number of nitrogens with zero attached hydrogens (tertiary/aromatic N) is 3. The molecule has 30 heavy (non-hydrogen) atoms. The number of aliphatic carboxylic acids is 1. The minimum Gasteiger partial charge on any atom is -0.477 e. The number of benzene rings is 2. The van der Waals surface area contributed by atoms with Crippen molar-refractivity contribution in [3.05, 3.63) is 80.6 Å². The van der Waals surface area contributed by atoms with Crippen LogP contribution in [-0.2, 0) is 11.3 Å². The number of para-hydroxylation sites is 1. The predicted octanol–water partition coefficient (Wildman–Crippen LogP) is 5.40. The van der Waals surface area contributed by atoms with E-state index in [4.69, 9.17) is 0 Å². The van der Waals surface area contributed by atoms with Gasteiger partial charge >= 0.3 is 5.97 Å². The van der Waals surface area contributed by atoms with E-state index < -0.39 is 5.97 Å². The molecule has 0 aliphatic carbocycles. The Morgan fingerprint density at radius 3 is 2.60 bits per heavy atom. The highest BCUT2D eigenvalue weighted by molar-refractivity contribution is 9.10. The highest BCUT2D eigenvalue weighted by Gasteiger charge is 2.18. The lowest BCUT2D eigenvalue weighted by atomic mass is 10.1. The summed E-state index contributed by atoms with van der Waals surface area (Å²) in [7, 11) is 0. The summed E-state index contributed by atoms with van der Waals surface area (Å²) in [6.45, 7) is 4.50. The molecule has 0 atom stereocenters. The maximum Gasteiger partial charge on any atom is 0.342 e. The van der Waals surface area contributed by atoms with Crippen molar-refractivity contribution in [2.24, 2.45) is 0 Å². The molecule has 0 unspecified atom stereocenters. The molecule has 8 heteroatoms. The Balaban J connectivity index is 1.79. The fourth-order valence-electron chi connectivity index (χ4n) is 3.35. The van der Waals surface area contributed by atoms with E-state index in [1.165, 1.54) is 5.56 Å². The third kappa shape index (κ3) is 4.20. The number of aryl methyl sites for hydroxylation is 1. The van der Waals surface area contributed by atoms with Gasteiger partial charge in [0.15, 0.2) is 0 Å². The number of aromatic amines is 1. The van der Waals surface area contributed by atoms with Crippen LogP contribution < -0.4 is 0 Å². The second-order valence-corrected chi connectivity index (χ2v) is 8.77. The van der Waals surface area contributed by atoms with Crippen LogP contribution in [0, 0.1) is 13.8 Å². The average Bonchev–Trinajstić information content (AvgIpc) is 3.25. The van der Waals surface area contributed by atoms with Crippen LogP contribution in [0.1, 0.15) is 22.6 Å². The predicted molar refractivity (Wildman–Crippen MR) is 123 cm³/mol. The van der Waals surface area contributed by atoms with E-state index in [1.807, 2.05) is 37.3 Å². The average molecular weight is 483 g/mol. The number of thioether (sulfide) groups is 1. The van der Waals surface area contributed by atoms with Crippen LogP contribution in [-0.4, -0.2) is 30.8 Å². The number of carboxylic acid groups (broad SMARTS) is 1. The molecule has 0 saturated carbocycles. The zero-order valence-corrected chi connectivity index (χ0v) is 18.8. The summed E-state index contributed by atoms with van der Waals surface area (Å²) in [6, 6.07) is 16.3. The smallest absolute Gasteiger partial charge is 0.342 e. The number of carbonyl (C=O) groups is 1. The van der Waals surface area contributed by atoms with E-state index in [2.05, 4.69) is 53.9 Å². The van der Waals surface area contributed by atoms with E-state index in [9.17, 15) is 9.90 Å². The number of nitrogens with one attached hydrogen (secondary N) is 1. The molecular formula is C22H19BrN4O2S. The molecule has 0 radical (unpaired) electrons. The van der Waals surface area contributed by atoms with Gasteiger partial charge in [0.1, 0.15) is 10.7 Å². The highest BCUT2D eigenvalue weighted by atomic mass is 79.9. The number of H-pyrrole nitrogens is 1. The van der Waals surface area contributed by atoms with Crippen LogP contribution in [0.25, 0.3) is 17.0 Å². The molecule has 4 rings (SSSR count). The molecule has 0 bridgehead atoms. The van der Waals surface area contributed by atoms with Crippen LogP contribution in [0.4, 0.5) is 0 Å². The molecule has 2 aromatic carbocycles. The van der Waals surface area contributed by atoms with Crippen molar-refractivity contribution in [3.8, 4) is 0 Å². The second kappa shape index (κ2) is 8.49. The molecule has 152 valence electrons. The molecule has 6 nitrogen and oxygen atoms in total. The minimum absolute atomic E-state index is 0.170. The molecular weight excluding hydrogens is 464 g/mol. The standard InChI is InChI=1S/C22H19BrN4O2S/c1-13-18(11-20(21(28)29)30-22-24-14(2)25-26-22)17-5-3-4-6-19(17)27(13)12-15-7-9-16(23)10-8-15/h3-11H,12H2,1-2H3,(H,28,29)(H,24,25,26)/b20-11-. The first kappa shape index (κ1) is 20.4. The van der Waals surface area contributed by atoms with Crippen molar-refractivity contribution in [2.75, 3.05) is 0 Å². The van der Waals surface area contributed by atoms with Gasteiger partial charge in [0, 0.05) is 33.2 Å². The van der Waals surface area contributed by atoms with E-state index in [0.717, 1.165) is 38.4 Å².